The predicted molar refractivity (Wildman–Crippen MR) is 93.9 cm³/mol. The van der Waals surface area contributed by atoms with Crippen molar-refractivity contribution in [1.29, 1.82) is 0 Å². The minimum atomic E-state index is -4.41. The lowest BCUT2D eigenvalue weighted by Gasteiger charge is -2.24. The van der Waals surface area contributed by atoms with Gasteiger partial charge in [0.25, 0.3) is 0 Å². The highest BCUT2D eigenvalue weighted by Crippen LogP contribution is 2.32. The van der Waals surface area contributed by atoms with Crippen molar-refractivity contribution in [1.82, 2.24) is 9.88 Å². The highest BCUT2D eigenvalue weighted by atomic mass is 19.4. The molecule has 0 spiro atoms. The first kappa shape index (κ1) is 18.7. The smallest absolute Gasteiger partial charge is 0.390 e. The van der Waals surface area contributed by atoms with Gasteiger partial charge in [-0.05, 0) is 24.6 Å². The second-order valence-corrected chi connectivity index (χ2v) is 6.67. The Balaban J connectivity index is 1.75. The second kappa shape index (κ2) is 7.63. The number of aromatic nitrogens is 1. The summed E-state index contributed by atoms with van der Waals surface area (Å²) in [6.07, 6.45) is -5.07. The lowest BCUT2D eigenvalue weighted by Crippen LogP contribution is -2.34. The number of alkyl halides is 3. The molecule has 2 aromatic rings. The van der Waals surface area contributed by atoms with Crippen molar-refractivity contribution in [2.45, 2.75) is 25.7 Å². The number of halogens is 3. The number of aliphatic hydroxyl groups is 1. The Bertz CT molecular complexity index is 737. The zero-order chi connectivity index (χ0) is 18.7. The molecule has 2 heterocycles. The van der Waals surface area contributed by atoms with Crippen LogP contribution in [0.4, 0.5) is 19.0 Å². The monoisotopic (exact) mass is 365 g/mol. The SMILES string of the molecule is Cc1cc(C(F)(F)F)cc(N2CCN(Cc3ccccc3)C[C@H](O)C2)n1. The summed E-state index contributed by atoms with van der Waals surface area (Å²) in [7, 11) is 0. The highest BCUT2D eigenvalue weighted by molar-refractivity contribution is 5.44. The summed E-state index contributed by atoms with van der Waals surface area (Å²) in [6.45, 7) is 4.14. The van der Waals surface area contributed by atoms with Gasteiger partial charge in [0.05, 0.1) is 11.7 Å². The number of benzene rings is 1. The lowest BCUT2D eigenvalue weighted by atomic mass is 10.2. The molecule has 1 aromatic carbocycles. The summed E-state index contributed by atoms with van der Waals surface area (Å²) in [4.78, 5) is 8.10. The van der Waals surface area contributed by atoms with Crippen LogP contribution in [0.5, 0.6) is 0 Å². The number of anilines is 1. The van der Waals surface area contributed by atoms with Crippen LogP contribution >= 0.6 is 0 Å². The molecule has 3 rings (SSSR count). The predicted octanol–water partition coefficient (Wildman–Crippen LogP) is 3.09. The number of aryl methyl sites for hydroxylation is 1. The molecule has 140 valence electrons. The van der Waals surface area contributed by atoms with Gasteiger partial charge >= 0.3 is 6.18 Å². The topological polar surface area (TPSA) is 39.6 Å². The molecular weight excluding hydrogens is 343 g/mol. The van der Waals surface area contributed by atoms with Crippen molar-refractivity contribution in [3.63, 3.8) is 0 Å². The molecule has 4 nitrogen and oxygen atoms in total. The molecule has 1 atom stereocenters. The van der Waals surface area contributed by atoms with Gasteiger partial charge in [0, 0.05) is 38.4 Å². The summed E-state index contributed by atoms with van der Waals surface area (Å²) in [5, 5.41) is 10.3. The highest BCUT2D eigenvalue weighted by Gasteiger charge is 2.32. The van der Waals surface area contributed by atoms with Crippen LogP contribution in [-0.2, 0) is 12.7 Å². The first-order valence-corrected chi connectivity index (χ1v) is 8.56. The largest absolute Gasteiger partial charge is 0.416 e. The first-order chi connectivity index (χ1) is 12.3. The van der Waals surface area contributed by atoms with E-state index in [9.17, 15) is 18.3 Å². The molecule has 1 aliphatic rings. The average Bonchev–Trinajstić information content (AvgIpc) is 2.76. The Kier molecular flexibility index (Phi) is 5.48. The maximum absolute atomic E-state index is 13.1. The van der Waals surface area contributed by atoms with E-state index in [1.54, 1.807) is 11.8 Å². The molecule has 26 heavy (non-hydrogen) atoms. The number of rotatable bonds is 3. The Labute approximate surface area is 150 Å². The molecule has 1 fully saturated rings. The first-order valence-electron chi connectivity index (χ1n) is 8.56. The summed E-state index contributed by atoms with van der Waals surface area (Å²) in [5.74, 6) is 0.262. The maximum atomic E-state index is 13.1. The summed E-state index contributed by atoms with van der Waals surface area (Å²) in [5.41, 5.74) is 0.746. The molecule has 1 aromatic heterocycles. The Morgan fingerprint density at radius 1 is 1.12 bits per heavy atom. The van der Waals surface area contributed by atoms with Crippen molar-refractivity contribution >= 4 is 5.82 Å². The van der Waals surface area contributed by atoms with Crippen molar-refractivity contribution in [3.05, 3.63) is 59.3 Å². The fraction of sp³-hybridized carbons (Fsp3) is 0.421. The van der Waals surface area contributed by atoms with E-state index in [-0.39, 0.29) is 12.4 Å². The molecule has 0 saturated carbocycles. The molecule has 0 unspecified atom stereocenters. The summed E-state index contributed by atoms with van der Waals surface area (Å²) < 4.78 is 39.2. The standard InChI is InChI=1S/C19H22F3N3O/c1-14-9-16(19(20,21)22)10-18(23-14)25-8-7-24(12-17(26)13-25)11-15-5-3-2-4-6-15/h2-6,9-10,17,26H,7-8,11-13H2,1H3/t17-/m0/s1. The molecule has 1 saturated heterocycles. The van der Waals surface area contributed by atoms with Crippen molar-refractivity contribution in [2.75, 3.05) is 31.1 Å². The van der Waals surface area contributed by atoms with Crippen LogP contribution in [0.1, 0.15) is 16.8 Å². The van der Waals surface area contributed by atoms with Crippen LogP contribution in [0.15, 0.2) is 42.5 Å². The average molecular weight is 365 g/mol. The van der Waals surface area contributed by atoms with E-state index in [0.717, 1.165) is 17.7 Å². The molecule has 0 radical (unpaired) electrons. The normalized spacial score (nSPS) is 19.4. The van der Waals surface area contributed by atoms with Crippen LogP contribution in [0, 0.1) is 6.92 Å². The number of hydrogen-bond donors (Lipinski definition) is 1. The van der Waals surface area contributed by atoms with E-state index in [1.807, 2.05) is 30.3 Å². The maximum Gasteiger partial charge on any atom is 0.416 e. The Morgan fingerprint density at radius 3 is 2.54 bits per heavy atom. The molecule has 0 bridgehead atoms. The zero-order valence-electron chi connectivity index (χ0n) is 14.6. The quantitative estimate of drug-likeness (QED) is 0.907. The number of nitrogens with zero attached hydrogens (tertiary/aromatic N) is 3. The van der Waals surface area contributed by atoms with Crippen LogP contribution < -0.4 is 4.90 Å². The third-order valence-corrected chi connectivity index (χ3v) is 4.43. The summed E-state index contributed by atoms with van der Waals surface area (Å²) in [6, 6.07) is 12.0. The van der Waals surface area contributed by atoms with Crippen LogP contribution in [-0.4, -0.2) is 47.3 Å². The number of hydrogen-bond acceptors (Lipinski definition) is 4. The van der Waals surface area contributed by atoms with Crippen molar-refractivity contribution < 1.29 is 18.3 Å². The molecule has 0 amide bonds. The van der Waals surface area contributed by atoms with Gasteiger partial charge in [-0.1, -0.05) is 30.3 Å². The van der Waals surface area contributed by atoms with E-state index in [2.05, 4.69) is 9.88 Å². The minimum Gasteiger partial charge on any atom is -0.390 e. The third-order valence-electron chi connectivity index (χ3n) is 4.43. The van der Waals surface area contributed by atoms with Gasteiger partial charge in [-0.15, -0.1) is 0 Å². The minimum absolute atomic E-state index is 0.262. The van der Waals surface area contributed by atoms with Gasteiger partial charge in [0.15, 0.2) is 0 Å². The number of β-amino-alcohol motifs (C(OH)–C–C–N with tert-alkyl or cyclic N) is 1. The van der Waals surface area contributed by atoms with E-state index in [4.69, 9.17) is 0 Å². The van der Waals surface area contributed by atoms with Gasteiger partial charge in [-0.25, -0.2) is 4.98 Å². The Hall–Kier alpha value is -2.12. The molecule has 1 N–H and O–H groups in total. The van der Waals surface area contributed by atoms with Gasteiger partial charge < -0.3 is 10.0 Å². The van der Waals surface area contributed by atoms with Gasteiger partial charge in [0.1, 0.15) is 5.82 Å². The van der Waals surface area contributed by atoms with E-state index in [1.165, 1.54) is 0 Å². The van der Waals surface area contributed by atoms with Crippen molar-refractivity contribution in [2.24, 2.45) is 0 Å². The molecule has 1 aliphatic heterocycles. The number of pyridine rings is 1. The fourth-order valence-corrected chi connectivity index (χ4v) is 3.22. The van der Waals surface area contributed by atoms with Crippen LogP contribution in [0.2, 0.25) is 0 Å². The Morgan fingerprint density at radius 2 is 1.85 bits per heavy atom. The van der Waals surface area contributed by atoms with Gasteiger partial charge in [-0.2, -0.15) is 13.2 Å². The van der Waals surface area contributed by atoms with Crippen molar-refractivity contribution in [3.8, 4) is 0 Å². The van der Waals surface area contributed by atoms with E-state index in [0.29, 0.717) is 31.9 Å². The zero-order valence-corrected chi connectivity index (χ0v) is 14.6. The number of aliphatic hydroxyl groups excluding tert-OH is 1. The summed E-state index contributed by atoms with van der Waals surface area (Å²) >= 11 is 0. The fourth-order valence-electron chi connectivity index (χ4n) is 3.22. The molecular formula is C19H22F3N3O. The van der Waals surface area contributed by atoms with E-state index >= 15 is 0 Å². The lowest BCUT2D eigenvalue weighted by molar-refractivity contribution is -0.137. The van der Waals surface area contributed by atoms with Crippen LogP contribution in [0.25, 0.3) is 0 Å². The van der Waals surface area contributed by atoms with Gasteiger partial charge in [-0.3, -0.25) is 4.90 Å². The molecule has 0 aliphatic carbocycles. The molecule has 7 heteroatoms. The third kappa shape index (κ3) is 4.74. The van der Waals surface area contributed by atoms with Crippen LogP contribution in [0.3, 0.4) is 0 Å². The van der Waals surface area contributed by atoms with Gasteiger partial charge in [0.2, 0.25) is 0 Å². The van der Waals surface area contributed by atoms with E-state index < -0.39 is 17.8 Å². The second-order valence-electron chi connectivity index (χ2n) is 6.67.